The van der Waals surface area contributed by atoms with Gasteiger partial charge in [-0.3, -0.25) is 10.1 Å². The highest BCUT2D eigenvalue weighted by molar-refractivity contribution is 7.14. The summed E-state index contributed by atoms with van der Waals surface area (Å²) in [6, 6.07) is 21.3. The van der Waals surface area contributed by atoms with Gasteiger partial charge in [0.05, 0.1) is 19.4 Å². The minimum Gasteiger partial charge on any atom is -0.497 e. The molecule has 1 N–H and O–H groups in total. The Kier molecular flexibility index (Phi) is 6.52. The molecule has 1 aromatic heterocycles. The second-order valence-corrected chi connectivity index (χ2v) is 8.01. The van der Waals surface area contributed by atoms with Crippen LogP contribution >= 0.6 is 11.3 Å². The number of thiazole rings is 1. The highest BCUT2D eigenvalue weighted by atomic mass is 32.1. The van der Waals surface area contributed by atoms with E-state index in [0.717, 1.165) is 39.4 Å². The quantitative estimate of drug-likeness (QED) is 0.356. The lowest BCUT2D eigenvalue weighted by Gasteiger charge is -2.11. The summed E-state index contributed by atoms with van der Waals surface area (Å²) in [4.78, 5) is 17.6. The normalized spacial score (nSPS) is 10.6. The first-order valence-electron chi connectivity index (χ1n) is 10.3. The van der Waals surface area contributed by atoms with Crippen molar-refractivity contribution in [2.75, 3.05) is 19.0 Å². The van der Waals surface area contributed by atoms with E-state index in [4.69, 9.17) is 9.47 Å². The largest absolute Gasteiger partial charge is 0.497 e. The van der Waals surface area contributed by atoms with Crippen LogP contribution in [0.15, 0.2) is 72.1 Å². The molecule has 1 amide bonds. The third kappa shape index (κ3) is 4.65. The van der Waals surface area contributed by atoms with E-state index in [0.29, 0.717) is 17.3 Å². The third-order valence-corrected chi connectivity index (χ3v) is 5.92. The van der Waals surface area contributed by atoms with Crippen molar-refractivity contribution >= 4 is 22.4 Å². The van der Waals surface area contributed by atoms with Crippen LogP contribution in [0.4, 0.5) is 5.13 Å². The molecule has 0 saturated heterocycles. The van der Waals surface area contributed by atoms with Crippen molar-refractivity contribution in [2.45, 2.75) is 13.8 Å². The molecule has 1 heterocycles. The van der Waals surface area contributed by atoms with Crippen molar-refractivity contribution in [2.24, 2.45) is 0 Å². The molecular formula is C26H24N2O3S. The van der Waals surface area contributed by atoms with Crippen LogP contribution in [0, 0.1) is 6.92 Å². The summed E-state index contributed by atoms with van der Waals surface area (Å²) in [7, 11) is 1.64. The zero-order valence-electron chi connectivity index (χ0n) is 18.2. The molecule has 6 heteroatoms. The smallest absolute Gasteiger partial charge is 0.257 e. The van der Waals surface area contributed by atoms with Gasteiger partial charge in [0, 0.05) is 16.5 Å². The molecule has 32 heavy (non-hydrogen) atoms. The number of nitrogens with zero attached hydrogens (tertiary/aromatic N) is 1. The van der Waals surface area contributed by atoms with Crippen LogP contribution in [-0.2, 0) is 0 Å². The zero-order chi connectivity index (χ0) is 22.5. The van der Waals surface area contributed by atoms with Crippen LogP contribution in [0.5, 0.6) is 11.5 Å². The minimum absolute atomic E-state index is 0.176. The molecule has 0 fully saturated rings. The molecular weight excluding hydrogens is 420 g/mol. The van der Waals surface area contributed by atoms with Gasteiger partial charge in [0.2, 0.25) is 0 Å². The number of aromatic nitrogens is 1. The Bertz CT molecular complexity index is 1210. The summed E-state index contributed by atoms with van der Waals surface area (Å²) in [6.45, 7) is 4.55. The van der Waals surface area contributed by atoms with E-state index < -0.39 is 0 Å². The number of carbonyl (C=O) groups is 1. The highest BCUT2D eigenvalue weighted by Gasteiger charge is 2.15. The highest BCUT2D eigenvalue weighted by Crippen LogP contribution is 2.29. The first kappa shape index (κ1) is 21.6. The summed E-state index contributed by atoms with van der Waals surface area (Å²) in [5.74, 6) is 1.45. The Morgan fingerprint density at radius 1 is 0.969 bits per heavy atom. The summed E-state index contributed by atoms with van der Waals surface area (Å²) in [5, 5.41) is 5.44. The van der Waals surface area contributed by atoms with E-state index in [9.17, 15) is 4.79 Å². The van der Waals surface area contributed by atoms with E-state index in [1.54, 1.807) is 7.11 Å². The van der Waals surface area contributed by atoms with E-state index >= 15 is 0 Å². The van der Waals surface area contributed by atoms with Gasteiger partial charge in [-0.1, -0.05) is 24.3 Å². The molecule has 0 radical (unpaired) electrons. The molecule has 0 spiro atoms. The maximum absolute atomic E-state index is 13.0. The van der Waals surface area contributed by atoms with Gasteiger partial charge in [-0.15, -0.1) is 11.3 Å². The number of rotatable bonds is 7. The molecule has 0 bridgehead atoms. The number of ether oxygens (including phenoxy) is 2. The molecule has 0 unspecified atom stereocenters. The first-order valence-corrected chi connectivity index (χ1v) is 11.2. The number of anilines is 1. The number of carbonyl (C=O) groups excluding carboxylic acids is 1. The van der Waals surface area contributed by atoms with Gasteiger partial charge in [-0.2, -0.15) is 0 Å². The van der Waals surface area contributed by atoms with Crippen LogP contribution < -0.4 is 14.8 Å². The summed E-state index contributed by atoms with van der Waals surface area (Å²) in [5.41, 5.74) is 5.37. The fraction of sp³-hybridized carbons (Fsp3) is 0.154. The molecule has 0 aliphatic carbocycles. The maximum atomic E-state index is 13.0. The number of benzene rings is 3. The van der Waals surface area contributed by atoms with Crippen molar-refractivity contribution in [1.82, 2.24) is 4.98 Å². The fourth-order valence-corrected chi connectivity index (χ4v) is 4.20. The predicted octanol–water partition coefficient (Wildman–Crippen LogP) is 6.45. The van der Waals surface area contributed by atoms with Gasteiger partial charge in [-0.25, -0.2) is 4.98 Å². The average Bonchev–Trinajstić information content (AvgIpc) is 3.28. The molecule has 4 rings (SSSR count). The van der Waals surface area contributed by atoms with Gasteiger partial charge in [0.25, 0.3) is 5.91 Å². The Labute approximate surface area is 191 Å². The Morgan fingerprint density at radius 2 is 1.66 bits per heavy atom. The summed E-state index contributed by atoms with van der Waals surface area (Å²) < 4.78 is 10.7. The fourth-order valence-electron chi connectivity index (χ4n) is 3.48. The lowest BCUT2D eigenvalue weighted by Crippen LogP contribution is -2.13. The van der Waals surface area contributed by atoms with Crippen molar-refractivity contribution in [3.05, 3.63) is 83.2 Å². The number of hydrogen-bond donors (Lipinski definition) is 1. The first-order chi connectivity index (χ1) is 15.6. The molecule has 0 aliphatic rings. The topological polar surface area (TPSA) is 60.5 Å². The summed E-state index contributed by atoms with van der Waals surface area (Å²) in [6.07, 6.45) is 0. The van der Waals surface area contributed by atoms with E-state index in [1.807, 2.05) is 86.0 Å². The van der Waals surface area contributed by atoms with Gasteiger partial charge < -0.3 is 9.47 Å². The van der Waals surface area contributed by atoms with Crippen LogP contribution in [0.2, 0.25) is 0 Å². The lowest BCUT2D eigenvalue weighted by atomic mass is 9.96. The predicted molar refractivity (Wildman–Crippen MR) is 130 cm³/mol. The van der Waals surface area contributed by atoms with Crippen molar-refractivity contribution in [1.29, 1.82) is 0 Å². The van der Waals surface area contributed by atoms with Gasteiger partial charge in [0.1, 0.15) is 11.5 Å². The van der Waals surface area contributed by atoms with Crippen LogP contribution in [0.3, 0.4) is 0 Å². The standard InChI is InChI=1S/C26H24N2O3S/c1-4-31-21-14-10-19(11-15-21)24-16-32-26(27-24)28-25(29)23-7-5-6-22(17(23)2)18-8-12-20(30-3)13-9-18/h5-16H,4H2,1-3H3,(H,27,28,29). The van der Waals surface area contributed by atoms with Crippen LogP contribution in [-0.4, -0.2) is 24.6 Å². The SMILES string of the molecule is CCOc1ccc(-c2csc(NC(=O)c3cccc(-c4ccc(OC)cc4)c3C)n2)cc1. The molecule has 0 saturated carbocycles. The van der Waals surface area contributed by atoms with E-state index in [2.05, 4.69) is 10.3 Å². The van der Waals surface area contributed by atoms with Crippen molar-refractivity contribution < 1.29 is 14.3 Å². The van der Waals surface area contributed by atoms with Crippen LogP contribution in [0.25, 0.3) is 22.4 Å². The second-order valence-electron chi connectivity index (χ2n) is 7.16. The summed E-state index contributed by atoms with van der Waals surface area (Å²) >= 11 is 1.40. The van der Waals surface area contributed by atoms with Gasteiger partial charge >= 0.3 is 0 Å². The second kappa shape index (κ2) is 9.66. The molecule has 3 aromatic carbocycles. The minimum atomic E-state index is -0.176. The average molecular weight is 445 g/mol. The Balaban J connectivity index is 1.52. The number of amides is 1. The Hall–Kier alpha value is -3.64. The molecule has 162 valence electrons. The van der Waals surface area contributed by atoms with Gasteiger partial charge in [-0.05, 0) is 73.0 Å². The molecule has 0 aliphatic heterocycles. The number of methoxy groups -OCH3 is 1. The molecule has 0 atom stereocenters. The third-order valence-electron chi connectivity index (χ3n) is 5.17. The van der Waals surface area contributed by atoms with Crippen molar-refractivity contribution in [3.63, 3.8) is 0 Å². The Morgan fingerprint density at radius 3 is 2.34 bits per heavy atom. The van der Waals surface area contributed by atoms with Crippen molar-refractivity contribution in [3.8, 4) is 33.9 Å². The maximum Gasteiger partial charge on any atom is 0.257 e. The monoisotopic (exact) mass is 444 g/mol. The van der Waals surface area contributed by atoms with Gasteiger partial charge in [0.15, 0.2) is 5.13 Å². The molecule has 5 nitrogen and oxygen atoms in total. The zero-order valence-corrected chi connectivity index (χ0v) is 19.0. The number of hydrogen-bond acceptors (Lipinski definition) is 5. The molecule has 4 aromatic rings. The van der Waals surface area contributed by atoms with E-state index in [1.165, 1.54) is 11.3 Å². The van der Waals surface area contributed by atoms with Crippen LogP contribution in [0.1, 0.15) is 22.8 Å². The number of nitrogens with one attached hydrogen (secondary N) is 1. The van der Waals surface area contributed by atoms with E-state index in [-0.39, 0.29) is 5.91 Å². The lowest BCUT2D eigenvalue weighted by molar-refractivity contribution is 0.102.